The molecule has 0 saturated carbocycles. The van der Waals surface area contributed by atoms with Crippen molar-refractivity contribution in [1.82, 2.24) is 4.57 Å². The Hall–Kier alpha value is -1.76. The molecule has 0 aliphatic heterocycles. The lowest BCUT2D eigenvalue weighted by Gasteiger charge is -2.04. The van der Waals surface area contributed by atoms with Crippen LogP contribution in [0.15, 0.2) is 43.0 Å². The molecule has 0 unspecified atom stereocenters. The van der Waals surface area contributed by atoms with E-state index in [1.54, 1.807) is 6.08 Å². The second kappa shape index (κ2) is 4.47. The predicted octanol–water partition coefficient (Wildman–Crippen LogP) is 1.91. The summed E-state index contributed by atoms with van der Waals surface area (Å²) in [5, 5.41) is 1.88. The zero-order chi connectivity index (χ0) is 10.6. The van der Waals surface area contributed by atoms with Crippen LogP contribution in [0.25, 0.3) is 18.9 Å². The maximum absolute atomic E-state index is 3.94. The molecule has 0 atom stereocenters. The van der Waals surface area contributed by atoms with Crippen LogP contribution in [0.2, 0.25) is 0 Å². The van der Waals surface area contributed by atoms with Crippen LogP contribution in [-0.4, -0.2) is 4.57 Å². The van der Waals surface area contributed by atoms with Gasteiger partial charge in [0.1, 0.15) is 0 Å². The standard InChI is InChI=1S/C13H15N/c1-5-7-8-13(6-2)14-11(3)9-10-12(14)4/h5-10H,1,3-4H2,2H3/b8-7-,13-6+. The van der Waals surface area contributed by atoms with Crippen LogP contribution >= 0.6 is 0 Å². The second-order valence-electron chi connectivity index (χ2n) is 2.96. The van der Waals surface area contributed by atoms with Gasteiger partial charge in [0, 0.05) is 16.4 Å². The van der Waals surface area contributed by atoms with Crippen molar-refractivity contribution in [3.05, 3.63) is 53.7 Å². The zero-order valence-electron chi connectivity index (χ0n) is 8.53. The lowest BCUT2D eigenvalue weighted by Crippen LogP contribution is -2.23. The van der Waals surface area contributed by atoms with Crippen LogP contribution in [0.5, 0.6) is 0 Å². The number of aromatic nitrogens is 1. The van der Waals surface area contributed by atoms with Gasteiger partial charge in [-0.05, 0) is 25.1 Å². The van der Waals surface area contributed by atoms with E-state index in [9.17, 15) is 0 Å². The van der Waals surface area contributed by atoms with Gasteiger partial charge in [-0.2, -0.15) is 0 Å². The van der Waals surface area contributed by atoms with E-state index < -0.39 is 0 Å². The molecule has 1 rings (SSSR count). The first-order valence-corrected chi connectivity index (χ1v) is 4.52. The van der Waals surface area contributed by atoms with Crippen LogP contribution in [0.3, 0.4) is 0 Å². The van der Waals surface area contributed by atoms with E-state index in [4.69, 9.17) is 0 Å². The maximum Gasteiger partial charge on any atom is 0.0418 e. The van der Waals surface area contributed by atoms with Gasteiger partial charge in [0.25, 0.3) is 0 Å². The summed E-state index contributed by atoms with van der Waals surface area (Å²) in [7, 11) is 0. The van der Waals surface area contributed by atoms with Gasteiger partial charge in [0.15, 0.2) is 0 Å². The molecule has 0 amide bonds. The first-order valence-electron chi connectivity index (χ1n) is 4.52. The fraction of sp³-hybridized carbons (Fsp3) is 0.0769. The minimum atomic E-state index is 0.941. The Kier molecular flexibility index (Phi) is 3.29. The lowest BCUT2D eigenvalue weighted by atomic mass is 10.3. The number of hydrogen-bond acceptors (Lipinski definition) is 0. The van der Waals surface area contributed by atoms with Gasteiger partial charge < -0.3 is 4.57 Å². The van der Waals surface area contributed by atoms with Crippen molar-refractivity contribution in [2.75, 3.05) is 0 Å². The van der Waals surface area contributed by atoms with Crippen molar-refractivity contribution >= 4 is 18.9 Å². The molecular weight excluding hydrogens is 170 g/mol. The third-order valence-corrected chi connectivity index (χ3v) is 2.00. The summed E-state index contributed by atoms with van der Waals surface area (Å²) < 4.78 is 2.00. The average molecular weight is 185 g/mol. The van der Waals surface area contributed by atoms with Crippen molar-refractivity contribution < 1.29 is 0 Å². The molecule has 0 spiro atoms. The summed E-state index contributed by atoms with van der Waals surface area (Å²) in [6.07, 6.45) is 7.65. The minimum absolute atomic E-state index is 0.941. The molecule has 1 heterocycles. The van der Waals surface area contributed by atoms with Gasteiger partial charge in [-0.1, -0.05) is 38.0 Å². The van der Waals surface area contributed by atoms with Crippen molar-refractivity contribution in [1.29, 1.82) is 0 Å². The van der Waals surface area contributed by atoms with Crippen LogP contribution in [0, 0.1) is 0 Å². The fourth-order valence-corrected chi connectivity index (χ4v) is 1.32. The monoisotopic (exact) mass is 185 g/mol. The summed E-state index contributed by atoms with van der Waals surface area (Å²) in [4.78, 5) is 0. The first-order chi connectivity index (χ1) is 6.70. The Morgan fingerprint density at radius 1 is 1.29 bits per heavy atom. The number of hydrogen-bond donors (Lipinski definition) is 0. The Labute approximate surface area is 84.7 Å². The second-order valence-corrected chi connectivity index (χ2v) is 2.96. The molecule has 1 heteroatoms. The molecule has 0 bridgehead atoms. The molecule has 0 N–H and O–H groups in total. The van der Waals surface area contributed by atoms with Gasteiger partial charge in [-0.25, -0.2) is 0 Å². The van der Waals surface area contributed by atoms with Crippen molar-refractivity contribution in [3.63, 3.8) is 0 Å². The predicted molar refractivity (Wildman–Crippen MR) is 64.0 cm³/mol. The van der Waals surface area contributed by atoms with E-state index in [0.717, 1.165) is 16.4 Å². The summed E-state index contributed by atoms with van der Waals surface area (Å²) in [5.74, 6) is 0. The minimum Gasteiger partial charge on any atom is -0.312 e. The third-order valence-electron chi connectivity index (χ3n) is 2.00. The molecule has 14 heavy (non-hydrogen) atoms. The van der Waals surface area contributed by atoms with Gasteiger partial charge in [0.2, 0.25) is 0 Å². The first kappa shape index (κ1) is 10.3. The Balaban J connectivity index is 3.28. The molecule has 72 valence electrons. The molecular formula is C13H15N. The quantitative estimate of drug-likeness (QED) is 0.634. The zero-order valence-corrected chi connectivity index (χ0v) is 8.53. The van der Waals surface area contributed by atoms with Crippen molar-refractivity contribution in [3.8, 4) is 0 Å². The third kappa shape index (κ3) is 1.94. The van der Waals surface area contributed by atoms with Crippen LogP contribution in [0.4, 0.5) is 0 Å². The molecule has 0 aliphatic carbocycles. The highest BCUT2D eigenvalue weighted by Crippen LogP contribution is 1.99. The average Bonchev–Trinajstić information content (AvgIpc) is 2.50. The van der Waals surface area contributed by atoms with E-state index in [1.165, 1.54) is 0 Å². The van der Waals surface area contributed by atoms with Crippen molar-refractivity contribution in [2.24, 2.45) is 0 Å². The summed E-state index contributed by atoms with van der Waals surface area (Å²) in [6, 6.07) is 3.90. The molecule has 0 aliphatic rings. The van der Waals surface area contributed by atoms with E-state index in [0.29, 0.717) is 0 Å². The van der Waals surface area contributed by atoms with Gasteiger partial charge in [0.05, 0.1) is 0 Å². The van der Waals surface area contributed by atoms with Crippen LogP contribution < -0.4 is 10.7 Å². The topological polar surface area (TPSA) is 4.93 Å². The molecule has 1 nitrogen and oxygen atoms in total. The van der Waals surface area contributed by atoms with Crippen molar-refractivity contribution in [2.45, 2.75) is 6.92 Å². The number of rotatable bonds is 3. The maximum atomic E-state index is 3.94. The van der Waals surface area contributed by atoms with Gasteiger partial charge in [-0.15, -0.1) is 0 Å². The van der Waals surface area contributed by atoms with Crippen LogP contribution in [0.1, 0.15) is 6.92 Å². The van der Waals surface area contributed by atoms with E-state index >= 15 is 0 Å². The SMILES string of the molecule is C=C/C=C\C(=C/C)n1c(=C)ccc1=C. The van der Waals surface area contributed by atoms with Gasteiger partial charge in [-0.3, -0.25) is 0 Å². The fourth-order valence-electron chi connectivity index (χ4n) is 1.32. The van der Waals surface area contributed by atoms with E-state index in [1.807, 2.05) is 41.9 Å². The lowest BCUT2D eigenvalue weighted by molar-refractivity contribution is 1.04. The molecule has 0 radical (unpaired) electrons. The summed E-state index contributed by atoms with van der Waals surface area (Å²) >= 11 is 0. The highest BCUT2D eigenvalue weighted by Gasteiger charge is 1.95. The molecule has 0 saturated heterocycles. The molecule has 0 aromatic carbocycles. The van der Waals surface area contributed by atoms with Gasteiger partial charge >= 0.3 is 0 Å². The summed E-state index contributed by atoms with van der Waals surface area (Å²) in [6.45, 7) is 13.5. The van der Waals surface area contributed by atoms with Crippen LogP contribution in [-0.2, 0) is 0 Å². The smallest absolute Gasteiger partial charge is 0.0418 e. The molecule has 0 fully saturated rings. The largest absolute Gasteiger partial charge is 0.312 e. The highest BCUT2D eigenvalue weighted by molar-refractivity contribution is 5.58. The number of nitrogens with zero attached hydrogens (tertiary/aromatic N) is 1. The Morgan fingerprint density at radius 2 is 1.86 bits per heavy atom. The highest BCUT2D eigenvalue weighted by atomic mass is 15.0. The molecule has 1 aromatic heterocycles. The Bertz CT molecular complexity index is 444. The number of allylic oxidation sites excluding steroid dienone is 5. The van der Waals surface area contributed by atoms with E-state index in [-0.39, 0.29) is 0 Å². The summed E-state index contributed by atoms with van der Waals surface area (Å²) in [5.41, 5.74) is 1.06. The normalized spacial score (nSPS) is 12.2. The Morgan fingerprint density at radius 3 is 2.29 bits per heavy atom. The van der Waals surface area contributed by atoms with E-state index in [2.05, 4.69) is 19.7 Å². The molecule has 1 aromatic rings.